The number of nitrogens with zero attached hydrogens (tertiary/aromatic N) is 2. The highest BCUT2D eigenvalue weighted by molar-refractivity contribution is 5.82. The van der Waals surface area contributed by atoms with E-state index in [1.807, 2.05) is 26.0 Å². The summed E-state index contributed by atoms with van der Waals surface area (Å²) in [5.41, 5.74) is 12.8. The number of likely N-dealkylation sites (tertiary alicyclic amines) is 1. The molecule has 6 nitrogen and oxygen atoms in total. The number of aromatic nitrogens is 1. The van der Waals surface area contributed by atoms with Crippen molar-refractivity contribution in [2.45, 2.75) is 44.9 Å². The highest BCUT2D eigenvalue weighted by Gasteiger charge is 2.35. The van der Waals surface area contributed by atoms with Crippen molar-refractivity contribution in [3.63, 3.8) is 0 Å². The van der Waals surface area contributed by atoms with Crippen LogP contribution in [-0.4, -0.2) is 40.5 Å². The van der Waals surface area contributed by atoms with Crippen LogP contribution in [0.25, 0.3) is 0 Å². The standard InChI is InChI=1S/C14H23N5O/c1-9(2)18-14(20)12-6-11(15)8-19(12)7-10-4-3-5-17-13(10)16/h3-5,9,11-12H,6-8,15H2,1-2H3,(H2,16,17)(H,18,20)/t11-,12-/m0/s1. The van der Waals surface area contributed by atoms with Gasteiger partial charge in [-0.1, -0.05) is 6.07 Å². The van der Waals surface area contributed by atoms with E-state index in [2.05, 4.69) is 15.2 Å². The summed E-state index contributed by atoms with van der Waals surface area (Å²) in [5, 5.41) is 2.95. The number of nitrogens with one attached hydrogen (secondary N) is 1. The van der Waals surface area contributed by atoms with Crippen molar-refractivity contribution < 1.29 is 4.79 Å². The Kier molecular flexibility index (Phi) is 4.57. The Morgan fingerprint density at radius 1 is 1.60 bits per heavy atom. The van der Waals surface area contributed by atoms with Crippen LogP contribution < -0.4 is 16.8 Å². The van der Waals surface area contributed by atoms with Gasteiger partial charge in [0.25, 0.3) is 0 Å². The first-order chi connectivity index (χ1) is 9.47. The Labute approximate surface area is 119 Å². The Hall–Kier alpha value is -1.66. The third kappa shape index (κ3) is 3.46. The van der Waals surface area contributed by atoms with Crippen molar-refractivity contribution in [3.8, 4) is 0 Å². The average Bonchev–Trinajstić information content (AvgIpc) is 2.72. The number of hydrogen-bond acceptors (Lipinski definition) is 5. The van der Waals surface area contributed by atoms with Gasteiger partial charge in [0, 0.05) is 36.9 Å². The average molecular weight is 277 g/mol. The minimum atomic E-state index is -0.188. The predicted octanol–water partition coefficient (Wildman–Crippen LogP) is 0.0900. The molecule has 5 N–H and O–H groups in total. The molecular weight excluding hydrogens is 254 g/mol. The number of amides is 1. The second-order valence-electron chi connectivity index (χ2n) is 5.65. The Balaban J connectivity index is 2.09. The van der Waals surface area contributed by atoms with Crippen molar-refractivity contribution >= 4 is 11.7 Å². The van der Waals surface area contributed by atoms with Crippen molar-refractivity contribution in [3.05, 3.63) is 23.9 Å². The number of hydrogen-bond donors (Lipinski definition) is 3. The van der Waals surface area contributed by atoms with Crippen molar-refractivity contribution in [2.75, 3.05) is 12.3 Å². The lowest BCUT2D eigenvalue weighted by Crippen LogP contribution is -2.45. The Bertz CT molecular complexity index is 476. The van der Waals surface area contributed by atoms with Gasteiger partial charge in [0.2, 0.25) is 5.91 Å². The minimum Gasteiger partial charge on any atom is -0.383 e. The third-order valence-corrected chi connectivity index (χ3v) is 3.47. The molecule has 0 bridgehead atoms. The summed E-state index contributed by atoms with van der Waals surface area (Å²) in [6.45, 7) is 5.21. The van der Waals surface area contributed by atoms with Crippen LogP contribution in [0, 0.1) is 0 Å². The molecule has 1 aromatic heterocycles. The van der Waals surface area contributed by atoms with Gasteiger partial charge < -0.3 is 16.8 Å². The largest absolute Gasteiger partial charge is 0.383 e. The summed E-state index contributed by atoms with van der Waals surface area (Å²) in [7, 11) is 0. The molecule has 1 aromatic rings. The highest BCUT2D eigenvalue weighted by Crippen LogP contribution is 2.21. The third-order valence-electron chi connectivity index (χ3n) is 3.47. The SMILES string of the molecule is CC(C)NC(=O)[C@@H]1C[C@H](N)CN1Cc1cccnc1N. The monoisotopic (exact) mass is 277 g/mol. The summed E-state index contributed by atoms with van der Waals surface area (Å²) in [4.78, 5) is 18.4. The molecule has 1 fully saturated rings. The molecule has 1 amide bonds. The molecular formula is C14H23N5O. The van der Waals surface area contributed by atoms with Crippen LogP contribution >= 0.6 is 0 Å². The fraction of sp³-hybridized carbons (Fsp3) is 0.571. The second-order valence-corrected chi connectivity index (χ2v) is 5.65. The van der Waals surface area contributed by atoms with Gasteiger partial charge in [-0.2, -0.15) is 0 Å². The smallest absolute Gasteiger partial charge is 0.237 e. The molecule has 0 spiro atoms. The number of rotatable bonds is 4. The van der Waals surface area contributed by atoms with E-state index in [0.717, 1.165) is 5.56 Å². The van der Waals surface area contributed by atoms with E-state index >= 15 is 0 Å². The van der Waals surface area contributed by atoms with Crippen LogP contribution in [-0.2, 0) is 11.3 Å². The van der Waals surface area contributed by atoms with E-state index in [-0.39, 0.29) is 24.0 Å². The maximum absolute atomic E-state index is 12.2. The fourth-order valence-corrected chi connectivity index (χ4v) is 2.57. The molecule has 110 valence electrons. The summed E-state index contributed by atoms with van der Waals surface area (Å²) in [6, 6.07) is 3.75. The van der Waals surface area contributed by atoms with Gasteiger partial charge in [-0.15, -0.1) is 0 Å². The Morgan fingerprint density at radius 3 is 3.00 bits per heavy atom. The van der Waals surface area contributed by atoms with Gasteiger partial charge in [0.15, 0.2) is 0 Å². The van der Waals surface area contributed by atoms with E-state index in [1.165, 1.54) is 0 Å². The second kappa shape index (κ2) is 6.19. The van der Waals surface area contributed by atoms with Crippen LogP contribution in [0.5, 0.6) is 0 Å². The lowest BCUT2D eigenvalue weighted by atomic mass is 10.1. The normalized spacial score (nSPS) is 23.2. The number of pyridine rings is 1. The van der Waals surface area contributed by atoms with E-state index in [4.69, 9.17) is 11.5 Å². The molecule has 20 heavy (non-hydrogen) atoms. The quantitative estimate of drug-likeness (QED) is 0.724. The van der Waals surface area contributed by atoms with Crippen molar-refractivity contribution in [1.29, 1.82) is 0 Å². The molecule has 1 saturated heterocycles. The molecule has 0 radical (unpaired) electrons. The zero-order valence-corrected chi connectivity index (χ0v) is 12.0. The molecule has 2 atom stereocenters. The first kappa shape index (κ1) is 14.7. The molecule has 2 heterocycles. The Morgan fingerprint density at radius 2 is 2.35 bits per heavy atom. The van der Waals surface area contributed by atoms with Crippen LogP contribution in [0.15, 0.2) is 18.3 Å². The topological polar surface area (TPSA) is 97.3 Å². The van der Waals surface area contributed by atoms with Crippen LogP contribution in [0.2, 0.25) is 0 Å². The fourth-order valence-electron chi connectivity index (χ4n) is 2.57. The number of nitrogens with two attached hydrogens (primary N) is 2. The number of anilines is 1. The van der Waals surface area contributed by atoms with Gasteiger partial charge in [0.05, 0.1) is 6.04 Å². The van der Waals surface area contributed by atoms with E-state index in [0.29, 0.717) is 25.3 Å². The molecule has 0 saturated carbocycles. The molecule has 2 rings (SSSR count). The number of nitrogen functional groups attached to an aromatic ring is 1. The van der Waals surface area contributed by atoms with Crippen molar-refractivity contribution in [1.82, 2.24) is 15.2 Å². The lowest BCUT2D eigenvalue weighted by molar-refractivity contribution is -0.126. The van der Waals surface area contributed by atoms with Gasteiger partial charge in [-0.25, -0.2) is 4.98 Å². The first-order valence-electron chi connectivity index (χ1n) is 6.96. The summed E-state index contributed by atoms with van der Waals surface area (Å²) in [5.74, 6) is 0.548. The molecule has 1 aliphatic rings. The molecule has 6 heteroatoms. The van der Waals surface area contributed by atoms with E-state index in [9.17, 15) is 4.79 Å². The molecule has 0 unspecified atom stereocenters. The number of carbonyl (C=O) groups excluding carboxylic acids is 1. The maximum Gasteiger partial charge on any atom is 0.237 e. The minimum absolute atomic E-state index is 0.0239. The predicted molar refractivity (Wildman–Crippen MR) is 78.7 cm³/mol. The molecule has 0 aromatic carbocycles. The lowest BCUT2D eigenvalue weighted by Gasteiger charge is -2.24. The zero-order chi connectivity index (χ0) is 14.7. The highest BCUT2D eigenvalue weighted by atomic mass is 16.2. The van der Waals surface area contributed by atoms with Gasteiger partial charge in [-0.05, 0) is 26.3 Å². The van der Waals surface area contributed by atoms with Crippen molar-refractivity contribution in [2.24, 2.45) is 5.73 Å². The van der Waals surface area contributed by atoms with Gasteiger partial charge in [-0.3, -0.25) is 9.69 Å². The van der Waals surface area contributed by atoms with Gasteiger partial charge in [0.1, 0.15) is 5.82 Å². The van der Waals surface area contributed by atoms with E-state index in [1.54, 1.807) is 6.20 Å². The number of carbonyl (C=O) groups is 1. The summed E-state index contributed by atoms with van der Waals surface area (Å²) < 4.78 is 0. The van der Waals surface area contributed by atoms with Crippen LogP contribution in [0.1, 0.15) is 25.8 Å². The summed E-state index contributed by atoms with van der Waals surface area (Å²) in [6.07, 6.45) is 2.34. The van der Waals surface area contributed by atoms with Crippen LogP contribution in [0.4, 0.5) is 5.82 Å². The summed E-state index contributed by atoms with van der Waals surface area (Å²) >= 11 is 0. The maximum atomic E-state index is 12.2. The van der Waals surface area contributed by atoms with Crippen LogP contribution in [0.3, 0.4) is 0 Å². The zero-order valence-electron chi connectivity index (χ0n) is 12.0. The van der Waals surface area contributed by atoms with Gasteiger partial charge >= 0.3 is 0 Å². The first-order valence-corrected chi connectivity index (χ1v) is 6.96. The molecule has 1 aliphatic heterocycles. The molecule has 0 aliphatic carbocycles. The van der Waals surface area contributed by atoms with E-state index < -0.39 is 0 Å².